The molecule has 0 aliphatic heterocycles. The van der Waals surface area contributed by atoms with E-state index in [1.165, 1.54) is 64.7 Å². The van der Waals surface area contributed by atoms with Crippen molar-refractivity contribution in [3.05, 3.63) is 94.1 Å². The minimum atomic E-state index is -0.222. The lowest BCUT2D eigenvalue weighted by atomic mass is 9.86. The van der Waals surface area contributed by atoms with E-state index in [0.717, 1.165) is 18.9 Å². The van der Waals surface area contributed by atoms with Gasteiger partial charge in [-0.3, -0.25) is 9.74 Å². The average molecular weight is 550 g/mol. The van der Waals surface area contributed by atoms with Crippen LogP contribution < -0.4 is 15.8 Å². The van der Waals surface area contributed by atoms with Crippen molar-refractivity contribution < 1.29 is 14.3 Å². The summed E-state index contributed by atoms with van der Waals surface area (Å²) in [5.41, 5.74) is 3.99. The van der Waals surface area contributed by atoms with Crippen molar-refractivity contribution in [2.45, 2.75) is 93.9 Å². The third kappa shape index (κ3) is 11.8. The van der Waals surface area contributed by atoms with Gasteiger partial charge in [0, 0.05) is 34.1 Å². The minimum Gasteiger partial charge on any atom is -0.387 e. The van der Waals surface area contributed by atoms with Crippen LogP contribution in [0, 0.1) is 0 Å². The van der Waals surface area contributed by atoms with Gasteiger partial charge in [-0.25, -0.2) is 0 Å². The van der Waals surface area contributed by atoms with Gasteiger partial charge in [0.05, 0.1) is 0 Å². The number of benzene rings is 3. The standard InChI is InChI=1S/C25H29N.C5H7FO2.C4H10.C2H6/c1-5-18(6-2)23-16-20-13-8-9-14-21(20)17-24(23)25(26-4)22-15-11-10-12-19(22)7-3;1-4(7)3-5(2)8-6;1-3-4-2;1-2/h7-18,26H,5-6H2,1-4H3;3H,1-2H3;3-4H2,1-2H3;1-2H3/b19-7-,25-22-;5-3-;;. The van der Waals surface area contributed by atoms with Gasteiger partial charge in [0.1, 0.15) is 5.76 Å². The first kappa shape index (κ1) is 36.6. The summed E-state index contributed by atoms with van der Waals surface area (Å²) in [6.45, 7) is 17.7. The Morgan fingerprint density at radius 2 is 1.43 bits per heavy atom. The van der Waals surface area contributed by atoms with Crippen LogP contribution in [0.4, 0.5) is 4.53 Å². The molecule has 0 spiro atoms. The molecule has 0 aliphatic carbocycles. The highest BCUT2D eigenvalue weighted by Crippen LogP contribution is 2.32. The number of carbonyl (C=O) groups excluding carboxylic acids is 1. The molecular weight excluding hydrogens is 497 g/mol. The zero-order valence-electron chi connectivity index (χ0n) is 26.5. The first-order chi connectivity index (χ1) is 19.3. The molecule has 0 amide bonds. The molecule has 3 nitrogen and oxygen atoms in total. The van der Waals surface area contributed by atoms with Gasteiger partial charge in [0.25, 0.3) is 0 Å². The molecule has 0 fully saturated rings. The van der Waals surface area contributed by atoms with E-state index in [1.54, 1.807) is 0 Å². The van der Waals surface area contributed by atoms with Gasteiger partial charge in [-0.2, -0.15) is 0 Å². The molecule has 4 heteroatoms. The van der Waals surface area contributed by atoms with Crippen LogP contribution in [0.3, 0.4) is 0 Å². The summed E-state index contributed by atoms with van der Waals surface area (Å²) < 4.78 is 11.0. The fourth-order valence-electron chi connectivity index (χ4n) is 4.24. The number of allylic oxidation sites excluding steroid dienone is 2. The number of rotatable bonds is 8. The molecule has 3 aromatic carbocycles. The number of nitrogens with one attached hydrogen (secondary N) is 1. The van der Waals surface area contributed by atoms with Crippen LogP contribution in [-0.4, -0.2) is 12.8 Å². The van der Waals surface area contributed by atoms with Gasteiger partial charge in [0.15, 0.2) is 5.78 Å². The summed E-state index contributed by atoms with van der Waals surface area (Å²) in [6, 6.07) is 22.1. The number of unbranched alkanes of at least 4 members (excludes halogenated alkanes) is 1. The highest BCUT2D eigenvalue weighted by Gasteiger charge is 2.16. The van der Waals surface area contributed by atoms with Crippen LogP contribution in [0.2, 0.25) is 0 Å². The molecular formula is C36H52FNO2. The number of hydrogen-bond donors (Lipinski definition) is 1. The highest BCUT2D eigenvalue weighted by molar-refractivity contribution is 5.88. The largest absolute Gasteiger partial charge is 0.387 e. The quantitative estimate of drug-likeness (QED) is 0.225. The van der Waals surface area contributed by atoms with Gasteiger partial charge in [-0.1, -0.05) is 115 Å². The van der Waals surface area contributed by atoms with Crippen LogP contribution in [0.5, 0.6) is 0 Å². The predicted octanol–water partition coefficient (Wildman–Crippen LogP) is 9.13. The molecule has 0 aromatic heterocycles. The van der Waals surface area contributed by atoms with Crippen molar-refractivity contribution >= 4 is 28.3 Å². The molecule has 3 aromatic rings. The Bertz CT molecular complexity index is 1290. The van der Waals surface area contributed by atoms with Gasteiger partial charge in [-0.05, 0) is 67.2 Å². The van der Waals surface area contributed by atoms with Crippen molar-refractivity contribution in [3.63, 3.8) is 0 Å². The lowest BCUT2D eigenvalue weighted by Gasteiger charge is -2.21. The summed E-state index contributed by atoms with van der Waals surface area (Å²) in [7, 11) is 2.04. The Labute approximate surface area is 242 Å². The van der Waals surface area contributed by atoms with Gasteiger partial charge in [-0.15, -0.1) is 0 Å². The summed E-state index contributed by atoms with van der Waals surface area (Å²) in [5.74, 6) is 0.327. The summed E-state index contributed by atoms with van der Waals surface area (Å²) in [6.07, 6.45) is 8.20. The number of fused-ring (bicyclic) bond motifs is 1. The zero-order chi connectivity index (χ0) is 30.5. The number of hydrogen-bond acceptors (Lipinski definition) is 3. The predicted molar refractivity (Wildman–Crippen MR) is 173 cm³/mol. The van der Waals surface area contributed by atoms with Gasteiger partial charge < -0.3 is 5.32 Å². The van der Waals surface area contributed by atoms with Gasteiger partial charge >= 0.3 is 0 Å². The van der Waals surface area contributed by atoms with Crippen molar-refractivity contribution in [2.75, 3.05) is 7.05 Å². The van der Waals surface area contributed by atoms with Crippen LogP contribution >= 0.6 is 0 Å². The fourth-order valence-corrected chi connectivity index (χ4v) is 4.24. The Morgan fingerprint density at radius 1 is 0.900 bits per heavy atom. The normalized spacial score (nSPS) is 11.8. The molecule has 0 saturated heterocycles. The number of halogens is 1. The fraction of sp³-hybridized carbons (Fsp3) is 0.417. The van der Waals surface area contributed by atoms with E-state index in [9.17, 15) is 9.32 Å². The summed E-state index contributed by atoms with van der Waals surface area (Å²) in [4.78, 5) is 13.3. The minimum absolute atomic E-state index is 0.0162. The van der Waals surface area contributed by atoms with E-state index in [0.29, 0.717) is 5.92 Å². The maximum absolute atomic E-state index is 11.0. The third-order valence-corrected chi connectivity index (χ3v) is 6.43. The van der Waals surface area contributed by atoms with Crippen LogP contribution in [0.15, 0.2) is 72.5 Å². The molecule has 0 radical (unpaired) electrons. The second-order valence-electron chi connectivity index (χ2n) is 9.24. The smallest absolute Gasteiger partial charge is 0.156 e. The Morgan fingerprint density at radius 3 is 1.85 bits per heavy atom. The van der Waals surface area contributed by atoms with E-state index in [4.69, 9.17) is 0 Å². The van der Waals surface area contributed by atoms with Crippen molar-refractivity contribution in [3.8, 4) is 0 Å². The second-order valence-corrected chi connectivity index (χ2v) is 9.24. The lowest BCUT2D eigenvalue weighted by molar-refractivity contribution is -0.114. The average Bonchev–Trinajstić information content (AvgIpc) is 2.99. The van der Waals surface area contributed by atoms with E-state index in [2.05, 4.69) is 112 Å². The SMILES string of the molecule is C/C=c1/cccc/c1=C(/NC)c1cc2ccccc2cc1C(CC)CC.CC.CC(=O)/C=C(/C)OF.CCCC. The van der Waals surface area contributed by atoms with Crippen LogP contribution in [0.25, 0.3) is 22.5 Å². The molecule has 1 N–H and O–H groups in total. The van der Waals surface area contributed by atoms with E-state index in [1.807, 2.05) is 20.9 Å². The molecule has 0 atom stereocenters. The summed E-state index contributed by atoms with van der Waals surface area (Å²) in [5, 5.41) is 8.66. The molecule has 0 saturated carbocycles. The van der Waals surface area contributed by atoms with E-state index in [-0.39, 0.29) is 11.5 Å². The molecule has 40 heavy (non-hydrogen) atoms. The maximum atomic E-state index is 11.0. The van der Waals surface area contributed by atoms with E-state index >= 15 is 0 Å². The molecule has 0 aliphatic rings. The first-order valence-corrected chi connectivity index (χ1v) is 14.7. The Balaban J connectivity index is 0.000000908. The molecule has 3 rings (SSSR count). The maximum Gasteiger partial charge on any atom is 0.156 e. The summed E-state index contributed by atoms with van der Waals surface area (Å²) >= 11 is 0. The topological polar surface area (TPSA) is 38.3 Å². The van der Waals surface area contributed by atoms with Crippen LogP contribution in [-0.2, 0) is 9.74 Å². The van der Waals surface area contributed by atoms with Crippen LogP contribution in [0.1, 0.15) is 105 Å². The second kappa shape index (κ2) is 21.4. The highest BCUT2D eigenvalue weighted by atomic mass is 19.3. The Hall–Kier alpha value is -3.40. The first-order valence-electron chi connectivity index (χ1n) is 14.7. The zero-order valence-corrected chi connectivity index (χ0v) is 26.5. The molecule has 220 valence electrons. The molecule has 0 bridgehead atoms. The molecule has 0 unspecified atom stereocenters. The monoisotopic (exact) mass is 549 g/mol. The van der Waals surface area contributed by atoms with E-state index < -0.39 is 0 Å². The number of ketones is 1. The van der Waals surface area contributed by atoms with Crippen molar-refractivity contribution in [2.24, 2.45) is 0 Å². The lowest BCUT2D eigenvalue weighted by Crippen LogP contribution is -2.31. The van der Waals surface area contributed by atoms with Gasteiger partial charge in [0.2, 0.25) is 0 Å². The van der Waals surface area contributed by atoms with Crippen molar-refractivity contribution in [1.82, 2.24) is 5.32 Å². The van der Waals surface area contributed by atoms with Crippen molar-refractivity contribution in [1.29, 1.82) is 0 Å². The molecule has 0 heterocycles. The Kier molecular flexibility index (Phi) is 19.6. The number of carbonyl (C=O) groups is 1. The third-order valence-electron chi connectivity index (χ3n) is 6.43.